The van der Waals surface area contributed by atoms with Crippen LogP contribution in [0.1, 0.15) is 17.0 Å². The number of carbonyl (C=O) groups is 1. The van der Waals surface area contributed by atoms with Gasteiger partial charge in [0.25, 0.3) is 5.91 Å². The summed E-state index contributed by atoms with van der Waals surface area (Å²) >= 11 is 0. The van der Waals surface area contributed by atoms with Crippen LogP contribution in [0.15, 0.2) is 4.52 Å². The van der Waals surface area contributed by atoms with Crippen LogP contribution in [0.2, 0.25) is 0 Å². The van der Waals surface area contributed by atoms with Gasteiger partial charge in [-0.1, -0.05) is 5.16 Å². The summed E-state index contributed by atoms with van der Waals surface area (Å²) in [4.78, 5) is 15.7. The van der Waals surface area contributed by atoms with Gasteiger partial charge in [-0.3, -0.25) is 9.69 Å². The minimum Gasteiger partial charge on any atom is -0.366 e. The van der Waals surface area contributed by atoms with Crippen LogP contribution in [0, 0.1) is 13.8 Å². The van der Waals surface area contributed by atoms with Crippen molar-refractivity contribution in [3.05, 3.63) is 17.0 Å². The lowest BCUT2D eigenvalue weighted by Gasteiger charge is -2.33. The molecule has 0 bridgehead atoms. The molecule has 106 valence electrons. The number of likely N-dealkylation sites (N-methyl/N-ethyl adjacent to an activating group) is 1. The summed E-state index contributed by atoms with van der Waals surface area (Å²) in [6, 6.07) is 0. The summed E-state index contributed by atoms with van der Waals surface area (Å²) in [5.41, 5.74) is 2.03. The second kappa shape index (κ2) is 5.71. The van der Waals surface area contributed by atoms with E-state index in [2.05, 4.69) is 10.1 Å². The maximum Gasteiger partial charge on any atom is 0.252 e. The molecule has 1 saturated heterocycles. The zero-order valence-corrected chi connectivity index (χ0v) is 12.0. The number of aromatic nitrogens is 1. The highest BCUT2D eigenvalue weighted by molar-refractivity contribution is 5.80. The Bertz CT molecular complexity index is 436. The second-order valence-corrected chi connectivity index (χ2v) is 5.13. The molecule has 0 N–H and O–H groups in total. The van der Waals surface area contributed by atoms with Gasteiger partial charge in [-0.2, -0.15) is 0 Å². The Kier molecular flexibility index (Phi) is 4.21. The van der Waals surface area contributed by atoms with E-state index >= 15 is 0 Å². The molecule has 6 heteroatoms. The number of hydrogen-bond acceptors (Lipinski definition) is 5. The Morgan fingerprint density at radius 1 is 1.47 bits per heavy atom. The Morgan fingerprint density at radius 3 is 2.79 bits per heavy atom. The molecule has 0 saturated carbocycles. The molecule has 1 amide bonds. The van der Waals surface area contributed by atoms with Gasteiger partial charge in [0.05, 0.1) is 12.3 Å². The van der Waals surface area contributed by atoms with E-state index in [9.17, 15) is 4.79 Å². The lowest BCUT2D eigenvalue weighted by Crippen LogP contribution is -2.49. The normalized spacial score (nSPS) is 20.5. The molecule has 1 aromatic heterocycles. The first kappa shape index (κ1) is 14.0. The van der Waals surface area contributed by atoms with E-state index in [0.717, 1.165) is 30.1 Å². The predicted octanol–water partition coefficient (Wildman–Crippen LogP) is 0.580. The van der Waals surface area contributed by atoms with Crippen LogP contribution in [-0.4, -0.2) is 60.8 Å². The molecule has 1 aromatic rings. The minimum absolute atomic E-state index is 0.0171. The molecule has 1 aliphatic heterocycles. The zero-order chi connectivity index (χ0) is 14.0. The number of morpholine rings is 1. The van der Waals surface area contributed by atoms with Crippen molar-refractivity contribution in [1.82, 2.24) is 15.0 Å². The van der Waals surface area contributed by atoms with Crippen molar-refractivity contribution in [3.8, 4) is 0 Å². The fourth-order valence-corrected chi connectivity index (χ4v) is 2.23. The summed E-state index contributed by atoms with van der Waals surface area (Å²) in [6.07, 6.45) is -0.371. The number of rotatable bonds is 3. The standard InChI is InChI=1S/C13H21N3O3/c1-9-11(10(2)19-14-9)7-16-5-6-18-12(8-16)13(17)15(3)4/h12H,5-8H2,1-4H3. The number of ether oxygens (including phenoxy) is 1. The van der Waals surface area contributed by atoms with Gasteiger partial charge in [-0.25, -0.2) is 0 Å². The van der Waals surface area contributed by atoms with E-state index < -0.39 is 0 Å². The molecular weight excluding hydrogens is 246 g/mol. The van der Waals surface area contributed by atoms with E-state index in [-0.39, 0.29) is 12.0 Å². The van der Waals surface area contributed by atoms with Crippen molar-refractivity contribution < 1.29 is 14.1 Å². The first-order valence-corrected chi connectivity index (χ1v) is 6.46. The SMILES string of the molecule is Cc1noc(C)c1CN1CCOC(C(=O)N(C)C)C1. The Hall–Kier alpha value is -1.40. The molecule has 1 aliphatic rings. The van der Waals surface area contributed by atoms with Gasteiger partial charge in [0.15, 0.2) is 0 Å². The number of aryl methyl sites for hydroxylation is 2. The van der Waals surface area contributed by atoms with Crippen molar-refractivity contribution in [3.63, 3.8) is 0 Å². The first-order valence-electron chi connectivity index (χ1n) is 6.46. The van der Waals surface area contributed by atoms with Crippen LogP contribution >= 0.6 is 0 Å². The molecule has 1 fully saturated rings. The third-order valence-corrected chi connectivity index (χ3v) is 3.43. The summed E-state index contributed by atoms with van der Waals surface area (Å²) in [5, 5.41) is 3.96. The summed E-state index contributed by atoms with van der Waals surface area (Å²) < 4.78 is 10.7. The van der Waals surface area contributed by atoms with E-state index in [1.807, 2.05) is 13.8 Å². The molecule has 19 heavy (non-hydrogen) atoms. The van der Waals surface area contributed by atoms with Crippen molar-refractivity contribution in [2.45, 2.75) is 26.5 Å². The highest BCUT2D eigenvalue weighted by atomic mass is 16.5. The van der Waals surface area contributed by atoms with E-state index in [0.29, 0.717) is 13.2 Å². The lowest BCUT2D eigenvalue weighted by atomic mass is 10.1. The van der Waals surface area contributed by atoms with Crippen LogP contribution in [0.4, 0.5) is 0 Å². The maximum absolute atomic E-state index is 11.9. The van der Waals surface area contributed by atoms with Crippen LogP contribution < -0.4 is 0 Å². The molecule has 2 rings (SSSR count). The van der Waals surface area contributed by atoms with E-state index in [4.69, 9.17) is 9.26 Å². The largest absolute Gasteiger partial charge is 0.366 e. The second-order valence-electron chi connectivity index (χ2n) is 5.13. The molecule has 0 aromatic carbocycles. The third-order valence-electron chi connectivity index (χ3n) is 3.43. The van der Waals surface area contributed by atoms with Crippen molar-refractivity contribution in [2.24, 2.45) is 0 Å². The van der Waals surface area contributed by atoms with Crippen LogP contribution in [0.3, 0.4) is 0 Å². The van der Waals surface area contributed by atoms with Gasteiger partial charge in [0.2, 0.25) is 0 Å². The molecule has 0 aliphatic carbocycles. The number of hydrogen-bond donors (Lipinski definition) is 0. The van der Waals surface area contributed by atoms with Gasteiger partial charge in [-0.15, -0.1) is 0 Å². The highest BCUT2D eigenvalue weighted by Crippen LogP contribution is 2.17. The van der Waals surface area contributed by atoms with Gasteiger partial charge >= 0.3 is 0 Å². The molecule has 1 atom stereocenters. The molecule has 2 heterocycles. The van der Waals surface area contributed by atoms with Crippen LogP contribution in [0.25, 0.3) is 0 Å². The Labute approximate surface area is 113 Å². The average molecular weight is 267 g/mol. The average Bonchev–Trinajstić information content (AvgIpc) is 2.70. The van der Waals surface area contributed by atoms with Gasteiger partial charge in [0, 0.05) is 39.3 Å². The topological polar surface area (TPSA) is 58.8 Å². The smallest absolute Gasteiger partial charge is 0.252 e. The molecular formula is C13H21N3O3. The maximum atomic E-state index is 11.9. The van der Waals surface area contributed by atoms with Crippen molar-refractivity contribution in [1.29, 1.82) is 0 Å². The Balaban J connectivity index is 2.00. The highest BCUT2D eigenvalue weighted by Gasteiger charge is 2.28. The fourth-order valence-electron chi connectivity index (χ4n) is 2.23. The van der Waals surface area contributed by atoms with Gasteiger partial charge in [0.1, 0.15) is 11.9 Å². The van der Waals surface area contributed by atoms with Crippen LogP contribution in [0.5, 0.6) is 0 Å². The Morgan fingerprint density at radius 2 is 2.21 bits per heavy atom. The number of nitrogens with zero attached hydrogens (tertiary/aromatic N) is 3. The fraction of sp³-hybridized carbons (Fsp3) is 0.692. The van der Waals surface area contributed by atoms with Crippen molar-refractivity contribution in [2.75, 3.05) is 33.8 Å². The van der Waals surface area contributed by atoms with Crippen LogP contribution in [-0.2, 0) is 16.1 Å². The summed E-state index contributed by atoms with van der Waals surface area (Å²) in [5.74, 6) is 0.864. The van der Waals surface area contributed by atoms with Crippen molar-refractivity contribution >= 4 is 5.91 Å². The minimum atomic E-state index is -0.371. The first-order chi connectivity index (χ1) is 8.99. The predicted molar refractivity (Wildman–Crippen MR) is 69.7 cm³/mol. The quantitative estimate of drug-likeness (QED) is 0.802. The monoisotopic (exact) mass is 267 g/mol. The number of carbonyl (C=O) groups excluding carboxylic acids is 1. The third kappa shape index (κ3) is 3.13. The molecule has 1 unspecified atom stereocenters. The lowest BCUT2D eigenvalue weighted by molar-refractivity contribution is -0.147. The van der Waals surface area contributed by atoms with Gasteiger partial charge in [-0.05, 0) is 13.8 Å². The summed E-state index contributed by atoms with van der Waals surface area (Å²) in [6.45, 7) is 6.62. The molecule has 0 spiro atoms. The summed E-state index contributed by atoms with van der Waals surface area (Å²) in [7, 11) is 3.50. The molecule has 0 radical (unpaired) electrons. The zero-order valence-electron chi connectivity index (χ0n) is 12.0. The van der Waals surface area contributed by atoms with Gasteiger partial charge < -0.3 is 14.2 Å². The van der Waals surface area contributed by atoms with E-state index in [1.165, 1.54) is 0 Å². The van der Waals surface area contributed by atoms with E-state index in [1.54, 1.807) is 19.0 Å². The number of amides is 1. The molecule has 6 nitrogen and oxygen atoms in total.